The van der Waals surface area contributed by atoms with Gasteiger partial charge in [0.1, 0.15) is 0 Å². The van der Waals surface area contributed by atoms with Gasteiger partial charge in [0.2, 0.25) is 0 Å². The molecule has 0 aliphatic carbocycles. The highest BCUT2D eigenvalue weighted by molar-refractivity contribution is 6.35. The van der Waals surface area contributed by atoms with Crippen molar-refractivity contribution < 1.29 is 23.9 Å². The Kier molecular flexibility index (Phi) is 9.41. The van der Waals surface area contributed by atoms with Crippen LogP contribution in [0.4, 0.5) is 5.69 Å². The van der Waals surface area contributed by atoms with Gasteiger partial charge >= 0.3 is 11.8 Å². The van der Waals surface area contributed by atoms with Crippen molar-refractivity contribution in [1.29, 1.82) is 0 Å². The first-order valence-corrected chi connectivity index (χ1v) is 10.5. The number of benzene rings is 2. The summed E-state index contributed by atoms with van der Waals surface area (Å²) in [5.74, 6) is -1.14. The summed E-state index contributed by atoms with van der Waals surface area (Å²) in [6.07, 6.45) is 2.08. The second kappa shape index (κ2) is 12.2. The van der Waals surface area contributed by atoms with E-state index in [-0.39, 0.29) is 18.6 Å². The molecule has 0 fully saturated rings. The molecule has 3 N–H and O–H groups in total. The van der Waals surface area contributed by atoms with Gasteiger partial charge in [0.05, 0.1) is 13.3 Å². The smallest absolute Gasteiger partial charge is 0.329 e. The molecule has 0 aliphatic rings. The Morgan fingerprint density at radius 1 is 1.03 bits per heavy atom. The highest BCUT2D eigenvalue weighted by atomic mass is 16.5. The molecule has 2 rings (SSSR count). The average Bonchev–Trinajstić information content (AvgIpc) is 2.76. The maximum absolute atomic E-state index is 12.3. The van der Waals surface area contributed by atoms with Gasteiger partial charge in [-0.15, -0.1) is 0 Å². The predicted octanol–water partition coefficient (Wildman–Crippen LogP) is 2.69. The zero-order chi connectivity index (χ0) is 24.4. The van der Waals surface area contributed by atoms with Crippen LogP contribution in [0, 0.1) is 13.8 Å². The average molecular weight is 455 g/mol. The van der Waals surface area contributed by atoms with Crippen molar-refractivity contribution in [1.82, 2.24) is 10.7 Å². The molecule has 33 heavy (non-hydrogen) atoms. The highest BCUT2D eigenvalue weighted by Gasteiger charge is 2.14. The lowest BCUT2D eigenvalue weighted by molar-refractivity contribution is -0.139. The van der Waals surface area contributed by atoms with E-state index in [1.165, 1.54) is 13.3 Å². The van der Waals surface area contributed by atoms with E-state index < -0.39 is 11.8 Å². The van der Waals surface area contributed by atoms with Crippen LogP contribution in [0.5, 0.6) is 11.5 Å². The van der Waals surface area contributed by atoms with Gasteiger partial charge in [-0.1, -0.05) is 13.0 Å². The standard InChI is InChI=1S/C24H30N4O5/c1-6-17(4)26-23(30)24(31)28-25-13-18-7-8-20(21(12-18)32-5)33-14-22(29)27-19-10-15(2)9-16(3)11-19/h7-13,17H,6,14H2,1-5H3,(H,26,30)(H,27,29)(H,28,31)/b25-13-/t17-/m1/s1. The van der Waals surface area contributed by atoms with E-state index in [4.69, 9.17) is 9.47 Å². The van der Waals surface area contributed by atoms with Crippen LogP contribution >= 0.6 is 0 Å². The minimum Gasteiger partial charge on any atom is -0.493 e. The van der Waals surface area contributed by atoms with Gasteiger partial charge in [-0.25, -0.2) is 5.43 Å². The normalized spacial score (nSPS) is 11.5. The summed E-state index contributed by atoms with van der Waals surface area (Å²) >= 11 is 0. The number of aryl methyl sites for hydroxylation is 2. The number of hydrogen-bond acceptors (Lipinski definition) is 6. The minimum absolute atomic E-state index is 0.105. The fourth-order valence-electron chi connectivity index (χ4n) is 2.88. The van der Waals surface area contributed by atoms with Crippen molar-refractivity contribution in [3.05, 3.63) is 53.1 Å². The van der Waals surface area contributed by atoms with E-state index in [2.05, 4.69) is 21.2 Å². The molecule has 176 valence electrons. The lowest BCUT2D eigenvalue weighted by Crippen LogP contribution is -2.41. The molecule has 0 unspecified atom stereocenters. The third kappa shape index (κ3) is 8.29. The van der Waals surface area contributed by atoms with Crippen molar-refractivity contribution >= 4 is 29.6 Å². The third-order valence-corrected chi connectivity index (χ3v) is 4.63. The second-order valence-corrected chi connectivity index (χ2v) is 7.61. The summed E-state index contributed by atoms with van der Waals surface area (Å²) < 4.78 is 10.9. The fraction of sp³-hybridized carbons (Fsp3) is 0.333. The zero-order valence-corrected chi connectivity index (χ0v) is 19.5. The molecule has 0 spiro atoms. The lowest BCUT2D eigenvalue weighted by Gasteiger charge is -2.12. The van der Waals surface area contributed by atoms with Gasteiger partial charge in [0, 0.05) is 11.7 Å². The molecule has 0 saturated heterocycles. The van der Waals surface area contributed by atoms with Crippen LogP contribution in [0.25, 0.3) is 0 Å². The SMILES string of the molecule is CC[C@@H](C)NC(=O)C(=O)N/N=C\c1ccc(OCC(=O)Nc2cc(C)cc(C)c2)c(OC)c1. The molecule has 9 nitrogen and oxygen atoms in total. The fourth-order valence-corrected chi connectivity index (χ4v) is 2.88. The van der Waals surface area contributed by atoms with E-state index in [9.17, 15) is 14.4 Å². The lowest BCUT2D eigenvalue weighted by atomic mass is 10.1. The molecular formula is C24H30N4O5. The summed E-state index contributed by atoms with van der Waals surface area (Å²) in [6.45, 7) is 7.43. The summed E-state index contributed by atoms with van der Waals surface area (Å²) in [7, 11) is 1.47. The van der Waals surface area contributed by atoms with E-state index in [1.54, 1.807) is 25.1 Å². The number of carbonyl (C=O) groups is 3. The minimum atomic E-state index is -0.853. The van der Waals surface area contributed by atoms with Crippen molar-refractivity contribution in [2.24, 2.45) is 5.10 Å². The van der Waals surface area contributed by atoms with Crippen LogP contribution in [-0.2, 0) is 14.4 Å². The number of ether oxygens (including phenoxy) is 2. The monoisotopic (exact) mass is 454 g/mol. The van der Waals surface area contributed by atoms with Gasteiger partial charge in [0.15, 0.2) is 18.1 Å². The summed E-state index contributed by atoms with van der Waals surface area (Å²) in [5, 5.41) is 9.15. The molecule has 0 saturated carbocycles. The van der Waals surface area contributed by atoms with Gasteiger partial charge in [0.25, 0.3) is 5.91 Å². The van der Waals surface area contributed by atoms with Gasteiger partial charge in [-0.3, -0.25) is 14.4 Å². The number of anilines is 1. The molecule has 9 heteroatoms. The maximum atomic E-state index is 12.3. The molecule has 0 aliphatic heterocycles. The van der Waals surface area contributed by atoms with Crippen molar-refractivity contribution in [2.75, 3.05) is 19.0 Å². The van der Waals surface area contributed by atoms with Crippen LogP contribution in [0.3, 0.4) is 0 Å². The number of nitrogens with zero attached hydrogens (tertiary/aromatic N) is 1. The number of amides is 3. The topological polar surface area (TPSA) is 118 Å². The molecule has 2 aromatic rings. The first-order chi connectivity index (χ1) is 15.7. The molecule has 0 bridgehead atoms. The van der Waals surface area contributed by atoms with Gasteiger partial charge < -0.3 is 20.1 Å². The second-order valence-electron chi connectivity index (χ2n) is 7.61. The predicted molar refractivity (Wildman–Crippen MR) is 127 cm³/mol. The number of rotatable bonds is 9. The molecule has 2 aromatic carbocycles. The third-order valence-electron chi connectivity index (χ3n) is 4.63. The summed E-state index contributed by atoms with van der Waals surface area (Å²) in [5.41, 5.74) is 5.59. The van der Waals surface area contributed by atoms with E-state index >= 15 is 0 Å². The summed E-state index contributed by atoms with van der Waals surface area (Å²) in [4.78, 5) is 35.7. The molecule has 0 aromatic heterocycles. The Labute approximate surface area is 193 Å². The molecule has 3 amide bonds. The molecule has 0 radical (unpaired) electrons. The van der Waals surface area contributed by atoms with E-state index in [0.717, 1.165) is 11.1 Å². The highest BCUT2D eigenvalue weighted by Crippen LogP contribution is 2.27. The molecule has 0 heterocycles. The van der Waals surface area contributed by atoms with Gasteiger partial charge in [-0.05, 0) is 74.2 Å². The summed E-state index contributed by atoms with van der Waals surface area (Å²) in [6, 6.07) is 10.6. The number of hydrazone groups is 1. The Hall–Kier alpha value is -3.88. The Bertz CT molecular complexity index is 1020. The zero-order valence-electron chi connectivity index (χ0n) is 19.5. The number of carbonyl (C=O) groups excluding carboxylic acids is 3. The molecule has 1 atom stereocenters. The van der Waals surface area contributed by atoms with Crippen LogP contribution in [0.2, 0.25) is 0 Å². The maximum Gasteiger partial charge on any atom is 0.329 e. The Morgan fingerprint density at radius 2 is 1.73 bits per heavy atom. The van der Waals surface area contributed by atoms with Crippen LogP contribution in [0.15, 0.2) is 41.5 Å². The van der Waals surface area contributed by atoms with Crippen molar-refractivity contribution in [3.63, 3.8) is 0 Å². The molecular weight excluding hydrogens is 424 g/mol. The number of hydrogen-bond donors (Lipinski definition) is 3. The number of methoxy groups -OCH3 is 1. The quantitative estimate of drug-likeness (QED) is 0.306. The van der Waals surface area contributed by atoms with Crippen molar-refractivity contribution in [3.8, 4) is 11.5 Å². The largest absolute Gasteiger partial charge is 0.493 e. The van der Waals surface area contributed by atoms with Crippen LogP contribution < -0.4 is 25.5 Å². The van der Waals surface area contributed by atoms with E-state index in [1.807, 2.05) is 39.0 Å². The first-order valence-electron chi connectivity index (χ1n) is 10.5. The van der Waals surface area contributed by atoms with Crippen LogP contribution in [0.1, 0.15) is 37.0 Å². The Morgan fingerprint density at radius 3 is 2.36 bits per heavy atom. The van der Waals surface area contributed by atoms with Gasteiger partial charge in [-0.2, -0.15) is 5.10 Å². The number of nitrogens with one attached hydrogen (secondary N) is 3. The Balaban J connectivity index is 1.93. The van der Waals surface area contributed by atoms with Crippen molar-refractivity contribution in [2.45, 2.75) is 40.2 Å². The first kappa shape index (κ1) is 25.4. The van der Waals surface area contributed by atoms with Crippen LogP contribution in [-0.4, -0.2) is 43.7 Å². The van der Waals surface area contributed by atoms with E-state index in [0.29, 0.717) is 29.2 Å².